The Morgan fingerprint density at radius 1 is 1.47 bits per heavy atom. The van der Waals surface area contributed by atoms with Gasteiger partial charge in [-0.2, -0.15) is 0 Å². The van der Waals surface area contributed by atoms with Gasteiger partial charge in [0.05, 0.1) is 5.56 Å². The molecule has 4 nitrogen and oxygen atoms in total. The predicted octanol–water partition coefficient (Wildman–Crippen LogP) is 2.07. The smallest absolute Gasteiger partial charge is 0.257 e. The van der Waals surface area contributed by atoms with Gasteiger partial charge in [0, 0.05) is 17.2 Å². The van der Waals surface area contributed by atoms with Crippen LogP contribution in [0, 0.1) is 9.49 Å². The molecule has 2 N–H and O–H groups in total. The number of phenolic OH excluding ortho intramolecular Hbond substituents is 1. The Bertz CT molecular complexity index is 459. The largest absolute Gasteiger partial charge is 0.507 e. The molecular formula is C14H19IN2O2. The maximum absolute atomic E-state index is 12.3. The lowest BCUT2D eigenvalue weighted by molar-refractivity contribution is 0.0759. The first-order valence-corrected chi connectivity index (χ1v) is 7.60. The molecule has 1 heterocycles. The second kappa shape index (κ2) is 6.56. The topological polar surface area (TPSA) is 52.6 Å². The Morgan fingerprint density at radius 3 is 2.84 bits per heavy atom. The third-order valence-electron chi connectivity index (χ3n) is 3.53. The minimum Gasteiger partial charge on any atom is -0.507 e. The average Bonchev–Trinajstić information content (AvgIpc) is 2.42. The van der Waals surface area contributed by atoms with Crippen LogP contribution in [0.4, 0.5) is 0 Å². The second-order valence-corrected chi connectivity index (χ2v) is 6.29. The zero-order valence-electron chi connectivity index (χ0n) is 11.0. The van der Waals surface area contributed by atoms with Crippen molar-refractivity contribution in [1.82, 2.24) is 10.2 Å². The summed E-state index contributed by atoms with van der Waals surface area (Å²) in [4.78, 5) is 14.1. The SMILES string of the molecule is CN(CC1CCNCC1)C(=O)c1cc(I)ccc1O. The van der Waals surface area contributed by atoms with E-state index in [-0.39, 0.29) is 11.7 Å². The highest BCUT2D eigenvalue weighted by Crippen LogP contribution is 2.22. The number of nitrogens with zero attached hydrogens (tertiary/aromatic N) is 1. The Labute approximate surface area is 127 Å². The highest BCUT2D eigenvalue weighted by molar-refractivity contribution is 14.1. The first-order chi connectivity index (χ1) is 9.08. The Balaban J connectivity index is 2.03. The summed E-state index contributed by atoms with van der Waals surface area (Å²) in [5.74, 6) is 0.511. The summed E-state index contributed by atoms with van der Waals surface area (Å²) in [5, 5.41) is 13.1. The monoisotopic (exact) mass is 374 g/mol. The number of halogens is 1. The van der Waals surface area contributed by atoms with Crippen molar-refractivity contribution in [1.29, 1.82) is 0 Å². The van der Waals surface area contributed by atoms with Crippen LogP contribution in [0.15, 0.2) is 18.2 Å². The Kier molecular flexibility index (Phi) is 5.04. The van der Waals surface area contributed by atoms with Crippen LogP contribution in [0.25, 0.3) is 0 Å². The molecule has 1 amide bonds. The predicted molar refractivity (Wildman–Crippen MR) is 83.4 cm³/mol. The van der Waals surface area contributed by atoms with E-state index in [1.807, 2.05) is 7.05 Å². The number of piperidine rings is 1. The third-order valence-corrected chi connectivity index (χ3v) is 4.20. The molecule has 2 rings (SSSR count). The summed E-state index contributed by atoms with van der Waals surface area (Å²) in [5.41, 5.74) is 0.392. The number of aromatic hydroxyl groups is 1. The lowest BCUT2D eigenvalue weighted by Crippen LogP contribution is -2.37. The number of rotatable bonds is 3. The van der Waals surface area contributed by atoms with Crippen molar-refractivity contribution in [3.05, 3.63) is 27.3 Å². The fraction of sp³-hybridized carbons (Fsp3) is 0.500. The molecule has 19 heavy (non-hydrogen) atoms. The van der Waals surface area contributed by atoms with Crippen LogP contribution < -0.4 is 5.32 Å². The van der Waals surface area contributed by atoms with Gasteiger partial charge in [-0.05, 0) is 72.6 Å². The molecule has 0 radical (unpaired) electrons. The molecule has 1 fully saturated rings. The molecule has 0 saturated carbocycles. The van der Waals surface area contributed by atoms with Gasteiger partial charge in [-0.25, -0.2) is 0 Å². The van der Waals surface area contributed by atoms with Gasteiger partial charge in [0.25, 0.3) is 5.91 Å². The van der Waals surface area contributed by atoms with Crippen LogP contribution in [0.2, 0.25) is 0 Å². The van der Waals surface area contributed by atoms with Gasteiger partial charge in [0.2, 0.25) is 0 Å². The van der Waals surface area contributed by atoms with Crippen LogP contribution in [0.5, 0.6) is 5.75 Å². The van der Waals surface area contributed by atoms with E-state index in [0.29, 0.717) is 11.5 Å². The maximum Gasteiger partial charge on any atom is 0.257 e. The highest BCUT2D eigenvalue weighted by Gasteiger charge is 2.20. The van der Waals surface area contributed by atoms with Crippen LogP contribution in [-0.4, -0.2) is 42.6 Å². The average molecular weight is 374 g/mol. The van der Waals surface area contributed by atoms with Crippen molar-refractivity contribution in [2.24, 2.45) is 5.92 Å². The van der Waals surface area contributed by atoms with E-state index in [2.05, 4.69) is 27.9 Å². The van der Waals surface area contributed by atoms with Gasteiger partial charge in [-0.15, -0.1) is 0 Å². The number of carbonyl (C=O) groups is 1. The van der Waals surface area contributed by atoms with Crippen molar-refractivity contribution < 1.29 is 9.90 Å². The van der Waals surface area contributed by atoms with Crippen molar-refractivity contribution in [3.8, 4) is 5.75 Å². The van der Waals surface area contributed by atoms with Crippen molar-refractivity contribution in [2.75, 3.05) is 26.7 Å². The lowest BCUT2D eigenvalue weighted by atomic mass is 9.97. The van der Waals surface area contributed by atoms with Gasteiger partial charge >= 0.3 is 0 Å². The standard InChI is InChI=1S/C14H19IN2O2/c1-17(9-10-4-6-16-7-5-10)14(19)12-8-11(15)2-3-13(12)18/h2-3,8,10,16,18H,4-7,9H2,1H3. The molecule has 1 saturated heterocycles. The number of nitrogens with one attached hydrogen (secondary N) is 1. The summed E-state index contributed by atoms with van der Waals surface area (Å²) in [6, 6.07) is 5.10. The lowest BCUT2D eigenvalue weighted by Gasteiger charge is -2.27. The van der Waals surface area contributed by atoms with Gasteiger partial charge in [0.1, 0.15) is 5.75 Å². The van der Waals surface area contributed by atoms with Crippen LogP contribution in [0.3, 0.4) is 0 Å². The third kappa shape index (κ3) is 3.82. The molecule has 1 aliphatic rings. The van der Waals surface area contributed by atoms with Crippen LogP contribution in [0.1, 0.15) is 23.2 Å². The van der Waals surface area contributed by atoms with E-state index < -0.39 is 0 Å². The van der Waals surface area contributed by atoms with E-state index in [9.17, 15) is 9.90 Å². The number of hydrogen-bond donors (Lipinski definition) is 2. The number of carbonyl (C=O) groups excluding carboxylic acids is 1. The second-order valence-electron chi connectivity index (χ2n) is 5.04. The molecule has 0 aliphatic carbocycles. The summed E-state index contributed by atoms with van der Waals surface area (Å²) in [7, 11) is 1.81. The molecule has 0 spiro atoms. The first-order valence-electron chi connectivity index (χ1n) is 6.52. The zero-order valence-corrected chi connectivity index (χ0v) is 13.2. The minimum atomic E-state index is -0.102. The number of phenols is 1. The van der Waals surface area contributed by atoms with Gasteiger partial charge in [-0.3, -0.25) is 4.79 Å². The summed E-state index contributed by atoms with van der Waals surface area (Å²) >= 11 is 2.14. The molecule has 0 aromatic heterocycles. The van der Waals surface area contributed by atoms with Crippen molar-refractivity contribution in [2.45, 2.75) is 12.8 Å². The first kappa shape index (κ1) is 14.6. The van der Waals surface area contributed by atoms with Gasteiger partial charge in [-0.1, -0.05) is 0 Å². The summed E-state index contributed by atoms with van der Waals surface area (Å²) < 4.78 is 0.953. The van der Waals surface area contributed by atoms with Crippen LogP contribution in [-0.2, 0) is 0 Å². The quantitative estimate of drug-likeness (QED) is 0.797. The summed E-state index contributed by atoms with van der Waals surface area (Å²) in [6.07, 6.45) is 2.21. The molecule has 0 unspecified atom stereocenters. The Morgan fingerprint density at radius 2 is 2.16 bits per heavy atom. The fourth-order valence-corrected chi connectivity index (χ4v) is 2.91. The van der Waals surface area contributed by atoms with E-state index in [4.69, 9.17) is 0 Å². The molecule has 0 atom stereocenters. The zero-order chi connectivity index (χ0) is 13.8. The van der Waals surface area contributed by atoms with Gasteiger partial charge < -0.3 is 15.3 Å². The number of hydrogen-bond acceptors (Lipinski definition) is 3. The highest BCUT2D eigenvalue weighted by atomic mass is 127. The van der Waals surface area contributed by atoms with E-state index in [1.165, 1.54) is 0 Å². The molecule has 0 bridgehead atoms. The maximum atomic E-state index is 12.3. The molecule has 5 heteroatoms. The Hall–Kier alpha value is -0.820. The number of amides is 1. The minimum absolute atomic E-state index is 0.0579. The fourth-order valence-electron chi connectivity index (χ4n) is 2.42. The normalized spacial score (nSPS) is 16.3. The summed E-state index contributed by atoms with van der Waals surface area (Å²) in [6.45, 7) is 2.81. The van der Waals surface area contributed by atoms with Crippen molar-refractivity contribution in [3.63, 3.8) is 0 Å². The molecule has 1 aliphatic heterocycles. The van der Waals surface area contributed by atoms with E-state index >= 15 is 0 Å². The molecular weight excluding hydrogens is 355 g/mol. The van der Waals surface area contributed by atoms with Crippen LogP contribution >= 0.6 is 22.6 Å². The molecule has 1 aromatic rings. The molecule has 1 aromatic carbocycles. The number of benzene rings is 1. The van der Waals surface area contributed by atoms with Crippen molar-refractivity contribution >= 4 is 28.5 Å². The van der Waals surface area contributed by atoms with E-state index in [1.54, 1.807) is 23.1 Å². The van der Waals surface area contributed by atoms with Gasteiger partial charge in [0.15, 0.2) is 0 Å². The molecule has 104 valence electrons. The van der Waals surface area contributed by atoms with E-state index in [0.717, 1.165) is 36.0 Å².